The highest BCUT2D eigenvalue weighted by atomic mass is 35.5. The van der Waals surface area contributed by atoms with Crippen LogP contribution < -0.4 is 63.8 Å². The first kappa shape index (κ1) is 127. The summed E-state index contributed by atoms with van der Waals surface area (Å²) >= 11 is 26.2. The van der Waals surface area contributed by atoms with Crippen LogP contribution in [0.1, 0.15) is 283 Å². The molecule has 9 fully saturated rings. The largest absolute Gasteiger partial charge is 0.346 e. The molecule has 3 unspecified atom stereocenters. The van der Waals surface area contributed by atoms with Gasteiger partial charge in [-0.2, -0.15) is 0 Å². The summed E-state index contributed by atoms with van der Waals surface area (Å²) in [5.74, 6) is -12.3. The predicted octanol–water partition coefficient (Wildman–Crippen LogP) is 9.23. The summed E-state index contributed by atoms with van der Waals surface area (Å²) in [6, 6.07) is -13.8. The highest BCUT2D eigenvalue weighted by Crippen LogP contribution is 2.68. The van der Waals surface area contributed by atoms with Gasteiger partial charge in [0.15, 0.2) is 0 Å². The minimum absolute atomic E-state index is 0.00509. The van der Waals surface area contributed by atoms with Gasteiger partial charge < -0.3 is 78.5 Å². The van der Waals surface area contributed by atoms with Crippen molar-refractivity contribution < 1.29 is 101 Å². The van der Waals surface area contributed by atoms with Gasteiger partial charge in [0.1, 0.15) is 44.9 Å². The Hall–Kier alpha value is -10.2. The molecule has 9 rings (SSSR count). The summed E-state index contributed by atoms with van der Waals surface area (Å²) in [7, 11) is 0. The third-order valence-electron chi connectivity index (χ3n) is 30.0. The number of Topliss-reactive ketones (excluding diaryl/α,β-unsaturated/α-hetero) is 3. The van der Waals surface area contributed by atoms with Crippen LogP contribution in [0.15, 0.2) is 38.0 Å². The molecule has 3 saturated carbocycles. The molecule has 39 nitrogen and oxygen atoms in total. The Kier molecular flexibility index (Phi) is 42.2. The molecule has 6 heterocycles. The molecule has 0 aromatic rings. The van der Waals surface area contributed by atoms with Crippen molar-refractivity contribution in [3.63, 3.8) is 0 Å². The molecule has 6 saturated heterocycles. The van der Waals surface area contributed by atoms with E-state index in [2.05, 4.69) is 83.5 Å². The molecule has 840 valence electrons. The van der Waals surface area contributed by atoms with Crippen LogP contribution in [0.25, 0.3) is 0 Å². The van der Waals surface area contributed by atoms with Gasteiger partial charge in [0, 0.05) is 121 Å². The Balaban J connectivity index is 0.000000304. The average Bonchev–Trinajstić information content (AvgIpc) is 1.53. The quantitative estimate of drug-likeness (QED) is 0.0117. The second-order valence-corrected chi connectivity index (χ2v) is 53.2. The molecule has 12 N–H and O–H groups in total. The van der Waals surface area contributed by atoms with Gasteiger partial charge in [0.2, 0.25) is 88.2 Å². The summed E-state index contributed by atoms with van der Waals surface area (Å²) < 4.78 is -2.54. The number of fused-ring (bicyclic) bond motifs is 3. The molecule has 0 aromatic heterocycles. The van der Waals surface area contributed by atoms with Crippen molar-refractivity contribution in [1.82, 2.24) is 93.2 Å². The van der Waals surface area contributed by atoms with E-state index < -0.39 is 237 Å². The van der Waals surface area contributed by atoms with Crippen LogP contribution in [-0.2, 0) is 86.3 Å². The van der Waals surface area contributed by atoms with Gasteiger partial charge in [-0.25, -0.2) is 14.4 Å². The van der Waals surface area contributed by atoms with E-state index in [-0.39, 0.29) is 163 Å². The van der Waals surface area contributed by atoms with E-state index in [4.69, 9.17) is 46.4 Å². The van der Waals surface area contributed by atoms with Crippen LogP contribution >= 0.6 is 46.4 Å². The van der Waals surface area contributed by atoms with Crippen molar-refractivity contribution in [2.45, 2.75) is 364 Å². The van der Waals surface area contributed by atoms with Crippen LogP contribution in [0.5, 0.6) is 0 Å². The molecule has 9 aliphatic rings. The minimum Gasteiger partial charge on any atom is -0.346 e. The van der Waals surface area contributed by atoms with Gasteiger partial charge >= 0.3 is 18.1 Å². The predicted molar refractivity (Wildman–Crippen MR) is 569 cm³/mol. The number of imide groups is 3. The number of halogens is 4. The lowest BCUT2D eigenvalue weighted by atomic mass is 9.80. The van der Waals surface area contributed by atoms with Gasteiger partial charge in [-0.3, -0.25) is 101 Å². The number of hydrogen-bond donors (Lipinski definition) is 12. The Bertz CT molecular complexity index is 5080. The zero-order chi connectivity index (χ0) is 114. The maximum atomic E-state index is 14.4. The Morgan fingerprint density at radius 1 is 0.347 bits per heavy atom. The number of hydrogen-bond acceptors (Lipinski definition) is 21. The number of amides is 21. The summed E-state index contributed by atoms with van der Waals surface area (Å²) in [6.07, 6.45) is 9.90. The third-order valence-corrected chi connectivity index (χ3v) is 32.1. The number of alkyl halides is 4. The molecule has 150 heavy (non-hydrogen) atoms. The number of nitrogens with zero attached hydrogens (tertiary/aromatic N) is 6. The van der Waals surface area contributed by atoms with Crippen molar-refractivity contribution in [2.24, 2.45) is 84.2 Å². The number of carbonyl (C=O) groups excluding carboxylic acids is 21. The SMILES string of the molecule is C=CCNC(=O)C(=O)C(CCC)NC(=O)[C@@H]1[C@@H]2[C@H](CN1C(=O)[C@@H](NC(=O)N[C@H](CN1C(=O)CC(C)(C)CC1=O)C(C)(C)C)C(C)(C)C)C2(C)C.C=CCNC(=O)C(=O)C(CCCC)NC(=O)[C@@H]1[C@@H]2[C@H](CN1C(=O)[C@@H](NC(=O)N[C@H](CN1C(=O)CC(C)(C)CC1=O)C(C)(C)C)C(C)(C)C)C2(Cl)Cl.C=CCNC(=O)C(=O)C(CCCC)NC(=O)[C@@H]1[C@@H]2[C@H](CN1C(=O)[C@@H](NC(=O)N[C@H](CN1C(=O)CCCC1=O)C(C)(C)C)C(C)(C)C)C2(Cl)Cl. The Morgan fingerprint density at radius 2 is 0.600 bits per heavy atom. The summed E-state index contributed by atoms with van der Waals surface area (Å²) in [4.78, 5) is 287. The van der Waals surface area contributed by atoms with Crippen LogP contribution in [0.3, 0.4) is 0 Å². The summed E-state index contributed by atoms with van der Waals surface area (Å²) in [5, 5.41) is 32.7. The van der Waals surface area contributed by atoms with Gasteiger partial charge in [0.25, 0.3) is 17.7 Å². The topological polar surface area (TPSA) is 522 Å². The van der Waals surface area contributed by atoms with Gasteiger partial charge in [-0.1, -0.05) is 237 Å². The number of rotatable bonds is 41. The highest BCUT2D eigenvalue weighted by Gasteiger charge is 2.76. The lowest BCUT2D eigenvalue weighted by molar-refractivity contribution is -0.155. The fourth-order valence-corrected chi connectivity index (χ4v) is 22.1. The monoisotopic (exact) mass is 2180 g/mol. The zero-order valence-electron chi connectivity index (χ0n) is 93.0. The lowest BCUT2D eigenvalue weighted by Crippen LogP contribution is -2.63. The second-order valence-electron chi connectivity index (χ2n) is 50.3. The van der Waals surface area contributed by atoms with Crippen LogP contribution in [0, 0.1) is 84.2 Å². The fraction of sp³-hybridized carbons (Fsp3) is 0.748. The normalized spacial score (nSPS) is 24.0. The smallest absolute Gasteiger partial charge is 0.315 e. The van der Waals surface area contributed by atoms with Gasteiger partial charge in [0.05, 0.1) is 36.3 Å². The number of ketones is 3. The van der Waals surface area contributed by atoms with Gasteiger partial charge in [-0.15, -0.1) is 66.1 Å². The van der Waals surface area contributed by atoms with E-state index >= 15 is 0 Å². The molecular formula is C107H168Cl4N18O21. The Labute approximate surface area is 904 Å². The molecule has 21 amide bonds. The molecule has 18 atom stereocenters. The van der Waals surface area contributed by atoms with Crippen LogP contribution in [0.2, 0.25) is 0 Å². The van der Waals surface area contributed by atoms with E-state index in [9.17, 15) is 101 Å². The molecule has 0 spiro atoms. The van der Waals surface area contributed by atoms with Crippen molar-refractivity contribution >= 4 is 170 Å². The van der Waals surface area contributed by atoms with Gasteiger partial charge in [-0.05, 0) is 86.3 Å². The molecular weight excluding hydrogens is 2020 g/mol. The van der Waals surface area contributed by atoms with E-state index in [1.54, 1.807) is 41.5 Å². The molecule has 0 bridgehead atoms. The summed E-state index contributed by atoms with van der Waals surface area (Å²) in [6.45, 7) is 61.4. The highest BCUT2D eigenvalue weighted by molar-refractivity contribution is 6.52. The maximum Gasteiger partial charge on any atom is 0.315 e. The van der Waals surface area contributed by atoms with Crippen LogP contribution in [0.4, 0.5) is 14.4 Å². The first-order valence-electron chi connectivity index (χ1n) is 52.5. The molecule has 43 heteroatoms. The van der Waals surface area contributed by atoms with Crippen molar-refractivity contribution in [2.75, 3.05) is 58.9 Å². The molecule has 0 aromatic carbocycles. The lowest BCUT2D eigenvalue weighted by Gasteiger charge is -2.40. The third kappa shape index (κ3) is 31.8. The summed E-state index contributed by atoms with van der Waals surface area (Å²) in [5.41, 5.74) is -5.24. The number of unbranched alkanes of at least 4 members (excludes halogenated alkanes) is 2. The first-order chi connectivity index (χ1) is 68.9. The fourth-order valence-electron chi connectivity index (χ4n) is 20.4. The standard InChI is InChI=1S/C37H60N6O7.C36H56Cl2N6O7.C34H52Cl2N6O7/c1-13-15-22(28(46)31(48)38-16-14-2)39-30(47)27-26-21(37(26,11)12)19-43(27)32(49)29(35(6,7)8)41-33(50)40-23(34(3,4)5)20-42-24(44)17-36(9,10)18-25(42)45;1-11-13-14-21(27(47)30(49)39-15-12-2)40-29(48)26-25-20(36(25,37)38)18-44(26)31(50)28(34(6,7)8)42-32(51)41-22(33(3,4)5)19-43-23(45)16-35(9,10)17-24(43)46;1-9-11-13-20(26(45)29(47)37-16-10-2)38-28(46)25-24-19(34(24,35)36)17-42(25)30(48)27(33(6,7)8)40-31(49)39-21(32(3,4)5)18-41-22(43)14-12-15-23(41)44/h14,21-23,26-27,29H,2,13,15-20H2,1,3-12H3,(H,38,48)(H,39,47)(H2,40,41,50);12,20-22,25-26,28H,2,11,13-19H2,1,3-10H3,(H,39,49)(H,40,48)(H2,41,42,51);10,19-21,24-25,27H,2,9,11-18H2,1,3-8H3,(H,37,47)(H,38,46)(H2,39,40,49)/t21-,22?,23+,26-,27-,29+;20-,21?,22+,25-,26-,28+;19-,20?,21+,24-,25-,27+/m000/s1. The molecule has 3 aliphatic carbocycles. The second kappa shape index (κ2) is 49.9. The number of urea groups is 3. The molecule has 0 radical (unpaired) electrons. The van der Waals surface area contributed by atoms with E-state index in [0.29, 0.717) is 45.1 Å². The van der Waals surface area contributed by atoms with Crippen molar-refractivity contribution in [1.29, 1.82) is 0 Å². The number of carbonyl (C=O) groups is 21. The van der Waals surface area contributed by atoms with Crippen molar-refractivity contribution in [3.05, 3.63) is 38.0 Å². The Morgan fingerprint density at radius 3 is 0.847 bits per heavy atom. The van der Waals surface area contributed by atoms with E-state index in [1.807, 2.05) is 145 Å². The number of nitrogens with one attached hydrogen (secondary N) is 12. The maximum absolute atomic E-state index is 14.4. The molecule has 6 aliphatic heterocycles. The van der Waals surface area contributed by atoms with E-state index in [0.717, 1.165) is 0 Å². The average molecular weight is 2180 g/mol. The van der Waals surface area contributed by atoms with E-state index in [1.165, 1.54) is 47.6 Å². The minimum atomic E-state index is -1.27. The number of likely N-dealkylation sites (tertiary alicyclic amines) is 6. The van der Waals surface area contributed by atoms with Crippen molar-refractivity contribution in [3.8, 4) is 0 Å². The first-order valence-corrected chi connectivity index (χ1v) is 54.0. The number of piperidine rings is 6. The zero-order valence-corrected chi connectivity index (χ0v) is 96.0. The van der Waals surface area contributed by atoms with Crippen LogP contribution in [-0.4, -0.2) is 294 Å².